The molecule has 2 aliphatic rings. The maximum Gasteiger partial charge on any atom is 0.243 e. The van der Waals surface area contributed by atoms with E-state index in [2.05, 4.69) is 5.32 Å². The fourth-order valence-electron chi connectivity index (χ4n) is 3.30. The van der Waals surface area contributed by atoms with Gasteiger partial charge in [0.25, 0.3) is 0 Å². The Morgan fingerprint density at radius 2 is 2.15 bits per heavy atom. The second kappa shape index (κ2) is 9.32. The van der Waals surface area contributed by atoms with E-state index in [1.54, 1.807) is 0 Å². The van der Waals surface area contributed by atoms with Gasteiger partial charge in [0, 0.05) is 25.6 Å². The summed E-state index contributed by atoms with van der Waals surface area (Å²) in [4.78, 5) is -0.0216. The van der Waals surface area contributed by atoms with Gasteiger partial charge >= 0.3 is 0 Å². The molecule has 6 nitrogen and oxygen atoms in total. The van der Waals surface area contributed by atoms with E-state index in [0.29, 0.717) is 38.8 Å². The van der Waals surface area contributed by atoms with E-state index in [1.165, 1.54) is 16.4 Å². The Labute approximate surface area is 160 Å². The highest BCUT2D eigenvalue weighted by Crippen LogP contribution is 2.27. The maximum absolute atomic E-state index is 14.3. The van der Waals surface area contributed by atoms with Gasteiger partial charge in [-0.05, 0) is 50.6 Å². The number of ether oxygens (including phenoxy) is 2. The normalized spacial score (nSPS) is 23.8. The number of benzene rings is 1. The third kappa shape index (κ3) is 4.86. The SMILES string of the molecule is CNCC1CCN(S(=O)(=O)c2ccc(OCC3CCOC3)c(F)c2)C1.Cl. The molecular formula is C17H26ClFN2O4S. The molecule has 2 heterocycles. The topological polar surface area (TPSA) is 67.9 Å². The fraction of sp³-hybridized carbons (Fsp3) is 0.647. The summed E-state index contributed by atoms with van der Waals surface area (Å²) in [6, 6.07) is 3.88. The number of halogens is 2. The van der Waals surface area contributed by atoms with E-state index in [9.17, 15) is 12.8 Å². The number of hydrogen-bond donors (Lipinski definition) is 1. The van der Waals surface area contributed by atoms with Gasteiger partial charge in [0.2, 0.25) is 10.0 Å². The maximum atomic E-state index is 14.3. The zero-order valence-corrected chi connectivity index (χ0v) is 16.5. The van der Waals surface area contributed by atoms with Crippen LogP contribution in [0.25, 0.3) is 0 Å². The molecule has 0 saturated carbocycles. The minimum Gasteiger partial charge on any atom is -0.490 e. The molecule has 1 N–H and O–H groups in total. The van der Waals surface area contributed by atoms with Gasteiger partial charge in [0.15, 0.2) is 11.6 Å². The van der Waals surface area contributed by atoms with Crippen molar-refractivity contribution >= 4 is 22.4 Å². The number of hydrogen-bond acceptors (Lipinski definition) is 5. The predicted molar refractivity (Wildman–Crippen MR) is 98.9 cm³/mol. The Bertz CT molecular complexity index is 698. The first kappa shape index (κ1) is 21.4. The van der Waals surface area contributed by atoms with Gasteiger partial charge in [-0.15, -0.1) is 12.4 Å². The Morgan fingerprint density at radius 1 is 1.35 bits per heavy atom. The van der Waals surface area contributed by atoms with Crippen LogP contribution in [0, 0.1) is 17.7 Å². The Morgan fingerprint density at radius 3 is 2.81 bits per heavy atom. The standard InChI is InChI=1S/C17H25FN2O4S.ClH/c1-19-9-13-4-6-20(10-13)25(21,22)15-2-3-17(16(18)8-15)24-12-14-5-7-23-11-14;/h2-3,8,13-14,19H,4-7,9-12H2,1H3;1H. The number of sulfonamides is 1. The molecule has 2 fully saturated rings. The molecule has 148 valence electrons. The van der Waals surface area contributed by atoms with Gasteiger partial charge in [-0.2, -0.15) is 4.31 Å². The Kier molecular flexibility index (Phi) is 7.66. The average Bonchev–Trinajstić information content (AvgIpc) is 3.26. The van der Waals surface area contributed by atoms with Crippen LogP contribution >= 0.6 is 12.4 Å². The first-order valence-electron chi connectivity index (χ1n) is 8.65. The Balaban J connectivity index is 0.00000243. The van der Waals surface area contributed by atoms with Crippen LogP contribution in [0.3, 0.4) is 0 Å². The van der Waals surface area contributed by atoms with Gasteiger partial charge < -0.3 is 14.8 Å². The van der Waals surface area contributed by atoms with Crippen molar-refractivity contribution in [1.29, 1.82) is 0 Å². The number of nitrogens with zero attached hydrogens (tertiary/aromatic N) is 1. The van der Waals surface area contributed by atoms with Crippen molar-refractivity contribution in [3.63, 3.8) is 0 Å². The zero-order valence-electron chi connectivity index (χ0n) is 14.8. The third-order valence-electron chi connectivity index (χ3n) is 4.78. The molecule has 0 spiro atoms. The summed E-state index contributed by atoms with van der Waals surface area (Å²) in [5.41, 5.74) is 0. The molecule has 2 saturated heterocycles. The number of rotatable bonds is 7. The Hall–Kier alpha value is -0.930. The highest BCUT2D eigenvalue weighted by atomic mass is 35.5. The molecule has 0 aliphatic carbocycles. The van der Waals surface area contributed by atoms with Crippen LogP contribution in [0.15, 0.2) is 23.1 Å². The van der Waals surface area contributed by atoms with E-state index >= 15 is 0 Å². The van der Waals surface area contributed by atoms with Crippen molar-refractivity contribution < 1.29 is 22.3 Å². The summed E-state index contributed by atoms with van der Waals surface area (Å²) in [7, 11) is -1.82. The quantitative estimate of drug-likeness (QED) is 0.746. The summed E-state index contributed by atoms with van der Waals surface area (Å²) in [6.07, 6.45) is 1.71. The summed E-state index contributed by atoms with van der Waals surface area (Å²) in [5, 5.41) is 3.07. The first-order valence-corrected chi connectivity index (χ1v) is 10.1. The highest BCUT2D eigenvalue weighted by Gasteiger charge is 2.32. The lowest BCUT2D eigenvalue weighted by Crippen LogP contribution is -2.30. The molecule has 0 bridgehead atoms. The smallest absolute Gasteiger partial charge is 0.243 e. The van der Waals surface area contributed by atoms with Crippen molar-refractivity contribution in [2.75, 3.05) is 46.5 Å². The van der Waals surface area contributed by atoms with Gasteiger partial charge in [0.05, 0.1) is 18.1 Å². The van der Waals surface area contributed by atoms with Crippen molar-refractivity contribution in [1.82, 2.24) is 9.62 Å². The second-order valence-corrected chi connectivity index (χ2v) is 8.65. The molecule has 2 aliphatic heterocycles. The van der Waals surface area contributed by atoms with Gasteiger partial charge in [-0.3, -0.25) is 0 Å². The highest BCUT2D eigenvalue weighted by molar-refractivity contribution is 7.89. The molecule has 2 unspecified atom stereocenters. The van der Waals surface area contributed by atoms with Crippen LogP contribution in [0.4, 0.5) is 4.39 Å². The minimum absolute atomic E-state index is 0. The van der Waals surface area contributed by atoms with Crippen molar-refractivity contribution in [2.45, 2.75) is 17.7 Å². The molecule has 9 heteroatoms. The lowest BCUT2D eigenvalue weighted by Gasteiger charge is -2.17. The molecule has 26 heavy (non-hydrogen) atoms. The largest absolute Gasteiger partial charge is 0.490 e. The third-order valence-corrected chi connectivity index (χ3v) is 6.64. The van der Waals surface area contributed by atoms with Crippen LogP contribution in [0.5, 0.6) is 5.75 Å². The van der Waals surface area contributed by atoms with Crippen molar-refractivity contribution in [3.05, 3.63) is 24.0 Å². The van der Waals surface area contributed by atoms with Gasteiger partial charge in [-0.25, -0.2) is 12.8 Å². The summed E-state index contributed by atoms with van der Waals surface area (Å²) < 4.78 is 51.9. The molecule has 1 aromatic rings. The molecule has 3 rings (SSSR count). The second-order valence-electron chi connectivity index (χ2n) is 6.71. The van der Waals surface area contributed by atoms with Crippen molar-refractivity contribution in [3.8, 4) is 5.75 Å². The number of nitrogens with one attached hydrogen (secondary N) is 1. The van der Waals surface area contributed by atoms with Gasteiger partial charge in [0.1, 0.15) is 0 Å². The van der Waals surface area contributed by atoms with E-state index in [-0.39, 0.29) is 29.0 Å². The predicted octanol–water partition coefficient (Wildman–Crippen LogP) is 1.89. The molecular weight excluding hydrogens is 383 g/mol. The molecule has 0 aromatic heterocycles. The first-order chi connectivity index (χ1) is 12.0. The lowest BCUT2D eigenvalue weighted by atomic mass is 10.1. The minimum atomic E-state index is -3.67. The molecule has 0 radical (unpaired) electrons. The van der Waals surface area contributed by atoms with E-state index in [1.807, 2.05) is 7.05 Å². The van der Waals surface area contributed by atoms with E-state index in [0.717, 1.165) is 25.5 Å². The zero-order chi connectivity index (χ0) is 17.9. The molecule has 0 amide bonds. The van der Waals surface area contributed by atoms with Crippen LogP contribution in [0.1, 0.15) is 12.8 Å². The van der Waals surface area contributed by atoms with Crippen LogP contribution < -0.4 is 10.1 Å². The van der Waals surface area contributed by atoms with Crippen LogP contribution in [0.2, 0.25) is 0 Å². The van der Waals surface area contributed by atoms with Gasteiger partial charge in [-0.1, -0.05) is 0 Å². The molecule has 2 atom stereocenters. The van der Waals surface area contributed by atoms with Crippen LogP contribution in [-0.2, 0) is 14.8 Å². The summed E-state index contributed by atoms with van der Waals surface area (Å²) in [5.74, 6) is -0.0105. The lowest BCUT2D eigenvalue weighted by molar-refractivity contribution is 0.165. The molecule has 1 aromatic carbocycles. The van der Waals surface area contributed by atoms with E-state index in [4.69, 9.17) is 9.47 Å². The monoisotopic (exact) mass is 408 g/mol. The van der Waals surface area contributed by atoms with Crippen molar-refractivity contribution in [2.24, 2.45) is 11.8 Å². The van der Waals surface area contributed by atoms with Crippen LogP contribution in [-0.4, -0.2) is 59.2 Å². The summed E-state index contributed by atoms with van der Waals surface area (Å²) >= 11 is 0. The summed E-state index contributed by atoms with van der Waals surface area (Å²) in [6.45, 7) is 3.41. The average molecular weight is 409 g/mol. The fourth-order valence-corrected chi connectivity index (χ4v) is 4.84. The van der Waals surface area contributed by atoms with E-state index < -0.39 is 15.8 Å².